The topological polar surface area (TPSA) is 160 Å². The molecule has 24 heavy (non-hydrogen) atoms. The number of fused-ring (bicyclic) bond motifs is 1. The van der Waals surface area contributed by atoms with Crippen LogP contribution in [-0.2, 0) is 4.74 Å². The zero-order valence-corrected chi connectivity index (χ0v) is 13.3. The molecule has 130 valence electrons. The van der Waals surface area contributed by atoms with Crippen molar-refractivity contribution >= 4 is 34.6 Å². The summed E-state index contributed by atoms with van der Waals surface area (Å²) >= 11 is 5.82. The summed E-state index contributed by atoms with van der Waals surface area (Å²) in [5, 5.41) is 24.8. The van der Waals surface area contributed by atoms with Gasteiger partial charge >= 0.3 is 6.03 Å². The second-order valence-corrected chi connectivity index (χ2v) is 5.53. The van der Waals surface area contributed by atoms with Crippen molar-refractivity contribution in [3.05, 3.63) is 11.6 Å². The number of hydrogen-bond donors (Lipinski definition) is 5. The lowest BCUT2D eigenvalue weighted by atomic mass is 10.1. The SMILES string of the molecule is CNC(=O)N[C@H]1[C@@H](O)[C@H](n2cnc3c(N)nc(Cl)nc32)O[C@@H]1CO. The van der Waals surface area contributed by atoms with E-state index >= 15 is 0 Å². The van der Waals surface area contributed by atoms with Gasteiger partial charge in [0.05, 0.1) is 19.0 Å². The van der Waals surface area contributed by atoms with Crippen LogP contribution in [0.25, 0.3) is 11.2 Å². The summed E-state index contributed by atoms with van der Waals surface area (Å²) in [5.74, 6) is 0.0926. The Morgan fingerprint density at radius 1 is 1.54 bits per heavy atom. The van der Waals surface area contributed by atoms with Gasteiger partial charge in [-0.2, -0.15) is 9.97 Å². The number of imidazole rings is 1. The van der Waals surface area contributed by atoms with E-state index in [4.69, 9.17) is 22.1 Å². The number of nitrogens with one attached hydrogen (secondary N) is 2. The normalized spacial score (nSPS) is 26.7. The smallest absolute Gasteiger partial charge is 0.314 e. The molecule has 0 aliphatic carbocycles. The number of nitrogen functional groups attached to an aromatic ring is 1. The Balaban J connectivity index is 1.96. The standard InChI is InChI=1S/C12H16ClN7O4/c1-15-12(23)17-5-4(2-21)24-10(7(5)22)20-3-16-6-8(14)18-11(13)19-9(6)20/h3-5,7,10,21-22H,2H2,1H3,(H2,14,18,19)(H2,15,17,23)/t4-,5-,7-,10-/m1/s1. The first-order chi connectivity index (χ1) is 11.5. The fraction of sp³-hybridized carbons (Fsp3) is 0.500. The van der Waals surface area contributed by atoms with E-state index in [0.29, 0.717) is 5.52 Å². The molecule has 0 unspecified atom stereocenters. The lowest BCUT2D eigenvalue weighted by Crippen LogP contribution is -2.50. The fourth-order valence-electron chi connectivity index (χ4n) is 2.63. The lowest BCUT2D eigenvalue weighted by molar-refractivity contribution is -0.0489. The van der Waals surface area contributed by atoms with Crippen molar-refractivity contribution in [1.82, 2.24) is 30.2 Å². The number of nitrogens with zero attached hydrogens (tertiary/aromatic N) is 4. The van der Waals surface area contributed by atoms with Crippen molar-refractivity contribution in [3.8, 4) is 0 Å². The van der Waals surface area contributed by atoms with Crippen molar-refractivity contribution in [3.63, 3.8) is 0 Å². The third-order valence-electron chi connectivity index (χ3n) is 3.77. The van der Waals surface area contributed by atoms with E-state index in [1.165, 1.54) is 17.9 Å². The van der Waals surface area contributed by atoms with Gasteiger partial charge in [-0.05, 0) is 11.6 Å². The minimum atomic E-state index is -1.16. The minimum Gasteiger partial charge on any atom is -0.394 e. The maximum absolute atomic E-state index is 11.5. The van der Waals surface area contributed by atoms with Crippen molar-refractivity contribution < 1.29 is 19.7 Å². The minimum absolute atomic E-state index is 0.0759. The Morgan fingerprint density at radius 2 is 2.29 bits per heavy atom. The van der Waals surface area contributed by atoms with E-state index < -0.39 is 37.1 Å². The highest BCUT2D eigenvalue weighted by Gasteiger charge is 2.45. The van der Waals surface area contributed by atoms with E-state index in [9.17, 15) is 15.0 Å². The van der Waals surface area contributed by atoms with Crippen molar-refractivity contribution in [2.45, 2.75) is 24.5 Å². The van der Waals surface area contributed by atoms with Gasteiger partial charge in [0.15, 0.2) is 17.7 Å². The van der Waals surface area contributed by atoms with Gasteiger partial charge in [0.1, 0.15) is 17.7 Å². The van der Waals surface area contributed by atoms with E-state index in [2.05, 4.69) is 25.6 Å². The van der Waals surface area contributed by atoms with Gasteiger partial charge in [-0.1, -0.05) is 0 Å². The van der Waals surface area contributed by atoms with Crippen LogP contribution in [0.1, 0.15) is 6.23 Å². The molecule has 1 saturated heterocycles. The summed E-state index contributed by atoms with van der Waals surface area (Å²) in [5.41, 5.74) is 6.32. The number of hydrogen-bond acceptors (Lipinski definition) is 8. The number of carbonyl (C=O) groups is 1. The van der Waals surface area contributed by atoms with E-state index in [1.54, 1.807) is 0 Å². The van der Waals surface area contributed by atoms with Crippen LogP contribution in [0.5, 0.6) is 0 Å². The van der Waals surface area contributed by atoms with Gasteiger partial charge < -0.3 is 31.3 Å². The van der Waals surface area contributed by atoms with Crippen LogP contribution in [0.15, 0.2) is 6.33 Å². The molecule has 1 aliphatic rings. The van der Waals surface area contributed by atoms with Crippen LogP contribution < -0.4 is 16.4 Å². The Hall–Kier alpha value is -2.21. The average molecular weight is 358 g/mol. The number of aliphatic hydroxyl groups is 2. The molecule has 4 atom stereocenters. The zero-order valence-electron chi connectivity index (χ0n) is 12.5. The van der Waals surface area contributed by atoms with Gasteiger partial charge in [0, 0.05) is 7.05 Å². The van der Waals surface area contributed by atoms with Crippen LogP contribution in [-0.4, -0.2) is 67.7 Å². The number of amides is 2. The third kappa shape index (κ3) is 2.71. The monoisotopic (exact) mass is 357 g/mol. The Morgan fingerprint density at radius 3 is 2.96 bits per heavy atom. The number of anilines is 1. The number of rotatable bonds is 3. The number of halogens is 1. The molecule has 1 fully saturated rings. The van der Waals surface area contributed by atoms with E-state index in [-0.39, 0.29) is 16.7 Å². The molecule has 6 N–H and O–H groups in total. The van der Waals surface area contributed by atoms with Gasteiger partial charge in [-0.15, -0.1) is 0 Å². The van der Waals surface area contributed by atoms with Crippen molar-refractivity contribution in [2.24, 2.45) is 0 Å². The van der Waals surface area contributed by atoms with Gasteiger partial charge in [0.25, 0.3) is 0 Å². The molecule has 3 rings (SSSR count). The van der Waals surface area contributed by atoms with Gasteiger partial charge in [-0.3, -0.25) is 4.57 Å². The molecule has 0 bridgehead atoms. The molecule has 11 nitrogen and oxygen atoms in total. The molecule has 2 aromatic rings. The number of carbonyl (C=O) groups excluding carboxylic acids is 1. The van der Waals surface area contributed by atoms with Crippen LogP contribution >= 0.6 is 11.6 Å². The Labute approximate surface area is 140 Å². The molecule has 0 saturated carbocycles. The summed E-state index contributed by atoms with van der Waals surface area (Å²) < 4.78 is 7.08. The quantitative estimate of drug-likeness (QED) is 0.419. The maximum atomic E-state index is 11.5. The fourth-order valence-corrected chi connectivity index (χ4v) is 2.80. The number of aromatic nitrogens is 4. The van der Waals surface area contributed by atoms with Gasteiger partial charge in [0.2, 0.25) is 5.28 Å². The predicted molar refractivity (Wildman–Crippen MR) is 83.1 cm³/mol. The molecular formula is C12H16ClN7O4. The molecule has 2 amide bonds. The zero-order chi connectivity index (χ0) is 17.4. The van der Waals surface area contributed by atoms with Crippen LogP contribution in [0.3, 0.4) is 0 Å². The summed E-state index contributed by atoms with van der Waals surface area (Å²) in [6.45, 7) is -0.396. The van der Waals surface area contributed by atoms with Gasteiger partial charge in [-0.25, -0.2) is 9.78 Å². The highest BCUT2D eigenvalue weighted by atomic mass is 35.5. The maximum Gasteiger partial charge on any atom is 0.314 e. The molecule has 3 heterocycles. The number of aliphatic hydroxyl groups excluding tert-OH is 2. The molecule has 1 aliphatic heterocycles. The molecule has 0 radical (unpaired) electrons. The molecule has 0 aromatic carbocycles. The van der Waals surface area contributed by atoms with E-state index in [0.717, 1.165) is 0 Å². The van der Waals surface area contributed by atoms with Crippen molar-refractivity contribution in [2.75, 3.05) is 19.4 Å². The van der Waals surface area contributed by atoms with Crippen LogP contribution in [0.2, 0.25) is 5.28 Å². The van der Waals surface area contributed by atoms with Crippen LogP contribution in [0.4, 0.5) is 10.6 Å². The summed E-state index contributed by atoms with van der Waals surface area (Å²) in [6, 6.07) is -1.33. The number of nitrogens with two attached hydrogens (primary N) is 1. The first kappa shape index (κ1) is 16.6. The number of urea groups is 1. The Kier molecular flexibility index (Phi) is 4.41. The van der Waals surface area contributed by atoms with E-state index in [1.807, 2.05) is 0 Å². The molecule has 2 aromatic heterocycles. The lowest BCUT2D eigenvalue weighted by Gasteiger charge is -2.20. The second kappa shape index (κ2) is 6.36. The molecule has 12 heteroatoms. The molecular weight excluding hydrogens is 342 g/mol. The summed E-state index contributed by atoms with van der Waals surface area (Å²) in [6.07, 6.45) is -1.54. The Bertz CT molecular complexity index is 769. The predicted octanol–water partition coefficient (Wildman–Crippen LogP) is -1.39. The third-order valence-corrected chi connectivity index (χ3v) is 3.94. The average Bonchev–Trinajstić information content (AvgIpc) is 3.09. The summed E-state index contributed by atoms with van der Waals surface area (Å²) in [4.78, 5) is 23.5. The van der Waals surface area contributed by atoms with Crippen LogP contribution in [0, 0.1) is 0 Å². The first-order valence-corrected chi connectivity index (χ1v) is 7.42. The second-order valence-electron chi connectivity index (χ2n) is 5.19. The summed E-state index contributed by atoms with van der Waals surface area (Å²) in [7, 11) is 1.44. The number of ether oxygens (including phenoxy) is 1. The highest BCUT2D eigenvalue weighted by molar-refractivity contribution is 6.28. The van der Waals surface area contributed by atoms with Crippen molar-refractivity contribution in [1.29, 1.82) is 0 Å². The highest BCUT2D eigenvalue weighted by Crippen LogP contribution is 2.32. The first-order valence-electron chi connectivity index (χ1n) is 7.04. The largest absolute Gasteiger partial charge is 0.394 e. The molecule has 0 spiro atoms.